The van der Waals surface area contributed by atoms with E-state index in [0.29, 0.717) is 27.8 Å². The first-order chi connectivity index (χ1) is 17.5. The third kappa shape index (κ3) is 4.67. The van der Waals surface area contributed by atoms with Crippen LogP contribution >= 0.6 is 24.0 Å². The van der Waals surface area contributed by atoms with E-state index in [9.17, 15) is 9.59 Å². The highest BCUT2D eigenvalue weighted by atomic mass is 32.2. The molecule has 0 radical (unpaired) electrons. The molecule has 3 heterocycles. The van der Waals surface area contributed by atoms with E-state index in [1.54, 1.807) is 29.7 Å². The Labute approximate surface area is 220 Å². The van der Waals surface area contributed by atoms with Crippen LogP contribution in [0, 0.1) is 0 Å². The number of aromatic nitrogens is 1. The second-order valence-electron chi connectivity index (χ2n) is 9.12. The fraction of sp³-hybridized carbons (Fsp3) is 0.321. The Morgan fingerprint density at radius 1 is 1.03 bits per heavy atom. The van der Waals surface area contributed by atoms with Gasteiger partial charge in [0.1, 0.15) is 10.1 Å². The number of hydrogen-bond acceptors (Lipinski definition) is 6. The molecule has 2 aliphatic heterocycles. The number of fused-ring (bicyclic) bond motifs is 1. The zero-order valence-corrected chi connectivity index (χ0v) is 22.2. The van der Waals surface area contributed by atoms with E-state index in [1.165, 1.54) is 18.2 Å². The number of hydrogen-bond donors (Lipinski definition) is 0. The number of piperidine rings is 1. The molecule has 5 rings (SSSR count). The Kier molecular flexibility index (Phi) is 7.16. The highest BCUT2D eigenvalue weighted by Gasteiger charge is 2.33. The summed E-state index contributed by atoms with van der Waals surface area (Å²) in [5.74, 6) is 0.659. The van der Waals surface area contributed by atoms with E-state index < -0.39 is 0 Å². The molecule has 0 spiro atoms. The Morgan fingerprint density at radius 2 is 1.75 bits per heavy atom. The Balaban J connectivity index is 1.49. The van der Waals surface area contributed by atoms with E-state index >= 15 is 0 Å². The van der Waals surface area contributed by atoms with Crippen LogP contribution in [0.5, 0.6) is 5.75 Å². The lowest BCUT2D eigenvalue weighted by molar-refractivity contribution is -0.122. The van der Waals surface area contributed by atoms with Crippen molar-refractivity contribution in [2.24, 2.45) is 7.05 Å². The fourth-order valence-corrected chi connectivity index (χ4v) is 6.24. The summed E-state index contributed by atoms with van der Waals surface area (Å²) in [5.41, 5.74) is 3.39. The molecule has 0 atom stereocenters. The number of nitrogens with zero attached hydrogens (tertiary/aromatic N) is 3. The van der Waals surface area contributed by atoms with Gasteiger partial charge in [0, 0.05) is 32.1 Å². The number of anilines is 1. The summed E-state index contributed by atoms with van der Waals surface area (Å²) in [6.07, 6.45) is 5.83. The maximum Gasteiger partial charge on any atom is 0.266 e. The smallest absolute Gasteiger partial charge is 0.266 e. The standard InChI is InChI=1S/C28H29N3O3S2/c1-29-23-9-5-4-8-21(23)25(30-15-6-3-7-16-30)22(26(29)32)18-24-27(33)31(28(35)36-24)17-14-19-10-12-20(34-2)13-11-19/h4-5,8-13,18H,3,6-7,14-17H2,1-2H3. The average molecular weight is 520 g/mol. The molecular formula is C28H29N3O3S2. The van der Waals surface area contributed by atoms with Gasteiger partial charge in [-0.3, -0.25) is 14.5 Å². The zero-order valence-electron chi connectivity index (χ0n) is 20.5. The SMILES string of the molecule is COc1ccc(CCN2C(=O)C(=Cc3c(N4CCCCC4)c4ccccc4n(C)c3=O)SC2=S)cc1. The fourth-order valence-electron chi connectivity index (χ4n) is 4.95. The third-order valence-electron chi connectivity index (χ3n) is 6.92. The number of pyridine rings is 1. The van der Waals surface area contributed by atoms with Gasteiger partial charge in [0.25, 0.3) is 11.5 Å². The normalized spacial score (nSPS) is 17.4. The van der Waals surface area contributed by atoms with Gasteiger partial charge in [-0.2, -0.15) is 0 Å². The number of para-hydroxylation sites is 1. The lowest BCUT2D eigenvalue weighted by atomic mass is 10.0. The number of amides is 1. The number of carbonyl (C=O) groups is 1. The van der Waals surface area contributed by atoms with Crippen LogP contribution < -0.4 is 15.2 Å². The van der Waals surface area contributed by atoms with Gasteiger partial charge in [0.2, 0.25) is 0 Å². The van der Waals surface area contributed by atoms with E-state index in [-0.39, 0.29) is 11.5 Å². The predicted molar refractivity (Wildman–Crippen MR) is 152 cm³/mol. The first-order valence-electron chi connectivity index (χ1n) is 12.2. The van der Waals surface area contributed by atoms with Crippen LogP contribution in [0.1, 0.15) is 30.4 Å². The highest BCUT2D eigenvalue weighted by molar-refractivity contribution is 8.26. The van der Waals surface area contributed by atoms with Crippen molar-refractivity contribution in [3.8, 4) is 5.75 Å². The van der Waals surface area contributed by atoms with Gasteiger partial charge in [-0.15, -0.1) is 0 Å². The minimum atomic E-state index is -0.140. The molecule has 0 aliphatic carbocycles. The molecule has 2 fully saturated rings. The summed E-state index contributed by atoms with van der Waals surface area (Å²) < 4.78 is 7.43. The lowest BCUT2D eigenvalue weighted by Crippen LogP contribution is -2.33. The third-order valence-corrected chi connectivity index (χ3v) is 8.29. The minimum absolute atomic E-state index is 0.0993. The number of benzene rings is 2. The van der Waals surface area contributed by atoms with E-state index in [4.69, 9.17) is 17.0 Å². The summed E-state index contributed by atoms with van der Waals surface area (Å²) in [6, 6.07) is 15.8. The molecule has 2 aromatic carbocycles. The molecule has 2 saturated heterocycles. The van der Waals surface area contributed by atoms with Crippen molar-refractivity contribution in [2.45, 2.75) is 25.7 Å². The molecule has 186 valence electrons. The van der Waals surface area contributed by atoms with Crippen LogP contribution in [0.25, 0.3) is 17.0 Å². The Morgan fingerprint density at radius 3 is 2.47 bits per heavy atom. The molecule has 6 nitrogen and oxygen atoms in total. The number of thioether (sulfide) groups is 1. The van der Waals surface area contributed by atoms with Crippen LogP contribution in [-0.4, -0.2) is 46.4 Å². The minimum Gasteiger partial charge on any atom is -0.497 e. The molecule has 0 N–H and O–H groups in total. The van der Waals surface area contributed by atoms with Crippen molar-refractivity contribution in [1.82, 2.24) is 9.47 Å². The van der Waals surface area contributed by atoms with Crippen molar-refractivity contribution in [3.05, 3.63) is 74.9 Å². The number of thiocarbonyl (C=S) groups is 1. The topological polar surface area (TPSA) is 54.8 Å². The number of ether oxygens (including phenoxy) is 1. The number of rotatable bonds is 6. The maximum absolute atomic E-state index is 13.6. The van der Waals surface area contributed by atoms with E-state index in [0.717, 1.165) is 53.8 Å². The van der Waals surface area contributed by atoms with E-state index in [2.05, 4.69) is 11.0 Å². The summed E-state index contributed by atoms with van der Waals surface area (Å²) >= 11 is 6.85. The summed E-state index contributed by atoms with van der Waals surface area (Å²) in [7, 11) is 3.43. The van der Waals surface area contributed by atoms with Crippen LogP contribution in [0.2, 0.25) is 0 Å². The zero-order chi connectivity index (χ0) is 25.2. The molecule has 2 aliphatic rings. The van der Waals surface area contributed by atoms with Gasteiger partial charge in [0.15, 0.2) is 0 Å². The summed E-state index contributed by atoms with van der Waals surface area (Å²) in [6.45, 7) is 2.30. The van der Waals surface area contributed by atoms with Crippen molar-refractivity contribution >= 4 is 56.9 Å². The van der Waals surface area contributed by atoms with E-state index in [1.807, 2.05) is 42.5 Å². The van der Waals surface area contributed by atoms with Gasteiger partial charge in [-0.1, -0.05) is 54.3 Å². The molecule has 0 saturated carbocycles. The molecule has 1 aromatic heterocycles. The van der Waals surface area contributed by atoms with Crippen LogP contribution in [0.15, 0.2) is 58.2 Å². The molecule has 1 amide bonds. The molecule has 0 bridgehead atoms. The Hall–Kier alpha value is -3.10. The van der Waals surface area contributed by atoms with Crippen molar-refractivity contribution in [2.75, 3.05) is 31.6 Å². The largest absolute Gasteiger partial charge is 0.497 e. The maximum atomic E-state index is 13.6. The van der Waals surface area contributed by atoms with Gasteiger partial charge in [-0.05, 0) is 55.5 Å². The number of methoxy groups -OCH3 is 1. The van der Waals surface area contributed by atoms with Crippen LogP contribution in [0.4, 0.5) is 5.69 Å². The lowest BCUT2D eigenvalue weighted by Gasteiger charge is -2.31. The average Bonchev–Trinajstić information content (AvgIpc) is 3.18. The van der Waals surface area contributed by atoms with Gasteiger partial charge < -0.3 is 14.2 Å². The second kappa shape index (κ2) is 10.5. The first kappa shape index (κ1) is 24.6. The van der Waals surface area contributed by atoms with Gasteiger partial charge >= 0.3 is 0 Å². The molecule has 8 heteroatoms. The summed E-state index contributed by atoms with van der Waals surface area (Å²) in [5, 5.41) is 1.03. The molecular weight excluding hydrogens is 490 g/mol. The molecule has 3 aromatic rings. The highest BCUT2D eigenvalue weighted by Crippen LogP contribution is 2.36. The monoisotopic (exact) mass is 519 g/mol. The van der Waals surface area contributed by atoms with Gasteiger partial charge in [-0.25, -0.2) is 0 Å². The number of carbonyl (C=O) groups excluding carboxylic acids is 1. The van der Waals surface area contributed by atoms with Crippen LogP contribution in [0.3, 0.4) is 0 Å². The molecule has 36 heavy (non-hydrogen) atoms. The Bertz CT molecular complexity index is 1410. The summed E-state index contributed by atoms with van der Waals surface area (Å²) in [4.78, 5) is 31.4. The van der Waals surface area contributed by atoms with Gasteiger partial charge in [0.05, 0.1) is 28.8 Å². The number of aryl methyl sites for hydroxylation is 1. The van der Waals surface area contributed by atoms with Crippen molar-refractivity contribution in [1.29, 1.82) is 0 Å². The van der Waals surface area contributed by atoms with Crippen molar-refractivity contribution < 1.29 is 9.53 Å². The predicted octanol–water partition coefficient (Wildman–Crippen LogP) is 4.98. The van der Waals surface area contributed by atoms with Crippen molar-refractivity contribution in [3.63, 3.8) is 0 Å². The first-order valence-corrected chi connectivity index (χ1v) is 13.5. The van der Waals surface area contributed by atoms with Crippen LogP contribution in [-0.2, 0) is 18.3 Å². The quantitative estimate of drug-likeness (QED) is 0.338. The molecule has 0 unspecified atom stereocenters. The second-order valence-corrected chi connectivity index (χ2v) is 10.8.